The Morgan fingerprint density at radius 1 is 1.27 bits per heavy atom. The van der Waals surface area contributed by atoms with Gasteiger partial charge in [-0.05, 0) is 44.4 Å². The van der Waals surface area contributed by atoms with Gasteiger partial charge in [-0.2, -0.15) is 0 Å². The Labute approximate surface area is 129 Å². The van der Waals surface area contributed by atoms with Gasteiger partial charge in [0.05, 0.1) is 11.1 Å². The number of carbonyl (C=O) groups excluding carboxylic acids is 1. The summed E-state index contributed by atoms with van der Waals surface area (Å²) < 4.78 is 5.77. The van der Waals surface area contributed by atoms with Crippen LogP contribution in [-0.4, -0.2) is 29.6 Å². The maximum Gasteiger partial charge on any atom is 0.314 e. The molecule has 5 nitrogen and oxygen atoms in total. The van der Waals surface area contributed by atoms with E-state index in [9.17, 15) is 14.7 Å². The number of anilines is 1. The van der Waals surface area contributed by atoms with Crippen LogP contribution in [0, 0.1) is 0 Å². The number of benzene rings is 1. The minimum atomic E-state index is -0.902. The van der Waals surface area contributed by atoms with Gasteiger partial charge in [-0.25, -0.2) is 0 Å². The number of likely N-dealkylation sites (N-methyl/N-ethyl adjacent to an activating group) is 1. The molecule has 0 saturated heterocycles. The molecule has 1 amide bonds. The summed E-state index contributed by atoms with van der Waals surface area (Å²) in [5.41, 5.74) is -0.318. The summed E-state index contributed by atoms with van der Waals surface area (Å²) in [5.74, 6) is -0.293. The van der Waals surface area contributed by atoms with Gasteiger partial charge in [-0.1, -0.05) is 18.9 Å². The van der Waals surface area contributed by atoms with Gasteiger partial charge in [0.25, 0.3) is 5.91 Å². The molecule has 0 spiro atoms. The average molecular weight is 303 g/mol. The van der Waals surface area contributed by atoms with Crippen molar-refractivity contribution >= 4 is 17.6 Å². The molecular weight excluding hydrogens is 282 g/mol. The molecular formula is C17H21NO4. The zero-order chi connectivity index (χ0) is 16.1. The molecule has 0 radical (unpaired) electrons. The fraction of sp³-hybridized carbons (Fsp3) is 0.529. The van der Waals surface area contributed by atoms with Crippen molar-refractivity contribution in [3.63, 3.8) is 0 Å². The lowest BCUT2D eigenvalue weighted by atomic mass is 9.78. The number of fused-ring (bicyclic) bond motifs is 1. The van der Waals surface area contributed by atoms with Crippen LogP contribution in [0.5, 0.6) is 5.75 Å². The minimum Gasteiger partial charge on any atom is -0.481 e. The van der Waals surface area contributed by atoms with Gasteiger partial charge in [-0.3, -0.25) is 9.59 Å². The molecule has 1 aliphatic carbocycles. The number of ether oxygens (including phenoxy) is 1. The molecule has 1 fully saturated rings. The SMILES string of the molecule is CN1C(=O)C(C)(C)Oc2ccc(C3(C(=O)O)CCCC3)cc21. The average Bonchev–Trinajstić information content (AvgIpc) is 2.95. The van der Waals surface area contributed by atoms with Crippen LogP contribution in [0.3, 0.4) is 0 Å². The molecule has 0 atom stereocenters. The summed E-state index contributed by atoms with van der Waals surface area (Å²) in [6.07, 6.45) is 3.12. The lowest BCUT2D eigenvalue weighted by Gasteiger charge is -2.37. The normalized spacial score (nSPS) is 22.1. The Morgan fingerprint density at radius 2 is 1.91 bits per heavy atom. The third kappa shape index (κ3) is 1.99. The molecule has 0 aromatic heterocycles. The Morgan fingerprint density at radius 3 is 2.50 bits per heavy atom. The van der Waals surface area contributed by atoms with Crippen LogP contribution in [0.25, 0.3) is 0 Å². The molecule has 5 heteroatoms. The predicted molar refractivity (Wildman–Crippen MR) is 82.3 cm³/mol. The van der Waals surface area contributed by atoms with E-state index in [0.29, 0.717) is 24.3 Å². The molecule has 22 heavy (non-hydrogen) atoms. The molecule has 1 saturated carbocycles. The highest BCUT2D eigenvalue weighted by atomic mass is 16.5. The van der Waals surface area contributed by atoms with Crippen molar-refractivity contribution in [1.82, 2.24) is 0 Å². The number of carboxylic acids is 1. The summed E-state index contributed by atoms with van der Waals surface area (Å²) in [6, 6.07) is 5.43. The van der Waals surface area contributed by atoms with E-state index in [-0.39, 0.29) is 5.91 Å². The van der Waals surface area contributed by atoms with Gasteiger partial charge in [0.15, 0.2) is 5.60 Å². The van der Waals surface area contributed by atoms with Gasteiger partial charge < -0.3 is 14.7 Å². The molecule has 1 heterocycles. The fourth-order valence-electron chi connectivity index (χ4n) is 3.60. The van der Waals surface area contributed by atoms with Gasteiger partial charge >= 0.3 is 5.97 Å². The molecule has 1 aromatic rings. The minimum absolute atomic E-state index is 0.132. The zero-order valence-corrected chi connectivity index (χ0v) is 13.2. The van der Waals surface area contributed by atoms with Crippen molar-refractivity contribution < 1.29 is 19.4 Å². The van der Waals surface area contributed by atoms with Crippen LogP contribution in [0.2, 0.25) is 0 Å². The summed E-state index contributed by atoms with van der Waals surface area (Å²) in [4.78, 5) is 25.7. The summed E-state index contributed by atoms with van der Waals surface area (Å²) in [6.45, 7) is 3.47. The van der Waals surface area contributed by atoms with E-state index in [0.717, 1.165) is 18.4 Å². The van der Waals surface area contributed by atoms with E-state index in [4.69, 9.17) is 4.74 Å². The van der Waals surface area contributed by atoms with E-state index in [1.165, 1.54) is 0 Å². The Hall–Kier alpha value is -2.04. The standard InChI is InChI=1S/C17H21NO4/c1-16(2)14(19)18(3)12-10-11(6-7-13(12)22-16)17(15(20)21)8-4-5-9-17/h6-7,10H,4-5,8-9H2,1-3H3,(H,20,21). The zero-order valence-electron chi connectivity index (χ0n) is 13.2. The maximum absolute atomic E-state index is 12.3. The lowest BCUT2D eigenvalue weighted by Crippen LogP contribution is -2.51. The second-order valence-electron chi connectivity index (χ2n) is 6.75. The van der Waals surface area contributed by atoms with Crippen LogP contribution in [-0.2, 0) is 15.0 Å². The van der Waals surface area contributed by atoms with Crippen LogP contribution < -0.4 is 9.64 Å². The van der Waals surface area contributed by atoms with Crippen LogP contribution >= 0.6 is 0 Å². The number of carboxylic acid groups (broad SMARTS) is 1. The van der Waals surface area contributed by atoms with E-state index in [1.807, 2.05) is 12.1 Å². The number of carbonyl (C=O) groups is 2. The second kappa shape index (κ2) is 4.73. The third-order valence-electron chi connectivity index (χ3n) is 4.92. The number of amides is 1. The fourth-order valence-corrected chi connectivity index (χ4v) is 3.60. The van der Waals surface area contributed by atoms with Crippen molar-refractivity contribution in [1.29, 1.82) is 0 Å². The highest BCUT2D eigenvalue weighted by Gasteiger charge is 2.45. The Kier molecular flexibility index (Phi) is 3.20. The van der Waals surface area contributed by atoms with E-state index in [2.05, 4.69) is 0 Å². The molecule has 0 bridgehead atoms. The van der Waals surface area contributed by atoms with Crippen molar-refractivity contribution in [3.8, 4) is 5.75 Å². The number of hydrogen-bond acceptors (Lipinski definition) is 3. The molecule has 3 rings (SSSR count). The number of nitrogens with zero attached hydrogens (tertiary/aromatic N) is 1. The molecule has 118 valence electrons. The van der Waals surface area contributed by atoms with Gasteiger partial charge in [0, 0.05) is 7.05 Å². The highest BCUT2D eigenvalue weighted by molar-refractivity contribution is 6.02. The van der Waals surface area contributed by atoms with Crippen molar-refractivity contribution in [2.24, 2.45) is 0 Å². The lowest BCUT2D eigenvalue weighted by molar-refractivity contribution is -0.143. The first-order valence-electron chi connectivity index (χ1n) is 7.63. The van der Waals surface area contributed by atoms with E-state index < -0.39 is 17.0 Å². The van der Waals surface area contributed by atoms with E-state index in [1.54, 1.807) is 31.9 Å². The maximum atomic E-state index is 12.3. The quantitative estimate of drug-likeness (QED) is 0.912. The molecule has 1 aromatic carbocycles. The predicted octanol–water partition coefficient (Wildman–Crippen LogP) is 2.72. The number of hydrogen-bond donors (Lipinski definition) is 1. The monoisotopic (exact) mass is 303 g/mol. The first-order chi connectivity index (χ1) is 10.3. The summed E-state index contributed by atoms with van der Waals surface area (Å²) in [5, 5.41) is 9.71. The van der Waals surface area contributed by atoms with Crippen LogP contribution in [0.15, 0.2) is 18.2 Å². The van der Waals surface area contributed by atoms with Crippen molar-refractivity contribution in [2.45, 2.75) is 50.5 Å². The van der Waals surface area contributed by atoms with E-state index >= 15 is 0 Å². The molecule has 1 N–H and O–H groups in total. The number of rotatable bonds is 2. The largest absolute Gasteiger partial charge is 0.481 e. The van der Waals surface area contributed by atoms with Gasteiger partial charge in [0.1, 0.15) is 5.75 Å². The second-order valence-corrected chi connectivity index (χ2v) is 6.75. The third-order valence-corrected chi connectivity index (χ3v) is 4.92. The first-order valence-corrected chi connectivity index (χ1v) is 7.63. The summed E-state index contributed by atoms with van der Waals surface area (Å²) in [7, 11) is 1.71. The Balaban J connectivity index is 2.09. The highest BCUT2D eigenvalue weighted by Crippen LogP contribution is 2.45. The molecule has 2 aliphatic rings. The smallest absolute Gasteiger partial charge is 0.314 e. The molecule has 0 unspecified atom stereocenters. The first kappa shape index (κ1) is 14.9. The molecule has 1 aliphatic heterocycles. The topological polar surface area (TPSA) is 66.8 Å². The summed E-state index contributed by atoms with van der Waals surface area (Å²) >= 11 is 0. The van der Waals surface area contributed by atoms with Crippen molar-refractivity contribution in [3.05, 3.63) is 23.8 Å². The van der Waals surface area contributed by atoms with Gasteiger partial charge in [-0.15, -0.1) is 0 Å². The number of aliphatic carboxylic acids is 1. The van der Waals surface area contributed by atoms with Gasteiger partial charge in [0.2, 0.25) is 0 Å². The van der Waals surface area contributed by atoms with Crippen LogP contribution in [0.1, 0.15) is 45.1 Å². The Bertz CT molecular complexity index is 644. The van der Waals surface area contributed by atoms with Crippen molar-refractivity contribution in [2.75, 3.05) is 11.9 Å². The van der Waals surface area contributed by atoms with Crippen LogP contribution in [0.4, 0.5) is 5.69 Å².